The van der Waals surface area contributed by atoms with Crippen LogP contribution in [0.5, 0.6) is 0 Å². The Morgan fingerprint density at radius 2 is 2.18 bits per heavy atom. The molecule has 3 rings (SSSR count). The highest BCUT2D eigenvalue weighted by Crippen LogP contribution is 2.24. The van der Waals surface area contributed by atoms with E-state index in [0.29, 0.717) is 12.0 Å². The third-order valence-electron chi connectivity index (χ3n) is 4.74. The van der Waals surface area contributed by atoms with Crippen molar-refractivity contribution in [1.29, 1.82) is 0 Å². The molecule has 2 aromatic heterocycles. The number of pyridine rings is 1. The minimum absolute atomic E-state index is 0.0156. The average molecular weight is 299 g/mol. The van der Waals surface area contributed by atoms with E-state index in [0.717, 1.165) is 30.0 Å². The number of likely N-dealkylation sites (tertiary alicyclic amines) is 1. The zero-order chi connectivity index (χ0) is 15.7. The van der Waals surface area contributed by atoms with Crippen molar-refractivity contribution in [1.82, 2.24) is 14.3 Å². The fourth-order valence-corrected chi connectivity index (χ4v) is 3.57. The van der Waals surface area contributed by atoms with Crippen molar-refractivity contribution in [2.75, 3.05) is 6.54 Å². The van der Waals surface area contributed by atoms with Crippen LogP contribution in [0.15, 0.2) is 29.2 Å². The van der Waals surface area contributed by atoms with Crippen LogP contribution in [-0.2, 0) is 6.54 Å². The Balaban J connectivity index is 1.93. The second-order valence-corrected chi connectivity index (χ2v) is 6.75. The third kappa shape index (κ3) is 2.93. The lowest BCUT2D eigenvalue weighted by Gasteiger charge is -2.38. The number of hydrogen-bond acceptors (Lipinski definition) is 3. The molecule has 1 unspecified atom stereocenters. The van der Waals surface area contributed by atoms with Crippen LogP contribution in [0.2, 0.25) is 0 Å². The van der Waals surface area contributed by atoms with Crippen molar-refractivity contribution < 1.29 is 0 Å². The Kier molecular flexibility index (Phi) is 4.30. The van der Waals surface area contributed by atoms with Crippen LogP contribution in [0.3, 0.4) is 0 Å². The van der Waals surface area contributed by atoms with Crippen molar-refractivity contribution in [3.63, 3.8) is 0 Å². The van der Waals surface area contributed by atoms with Crippen molar-refractivity contribution in [2.24, 2.45) is 5.92 Å². The van der Waals surface area contributed by atoms with Gasteiger partial charge in [-0.2, -0.15) is 0 Å². The number of fused-ring (bicyclic) bond motifs is 1. The van der Waals surface area contributed by atoms with Gasteiger partial charge in [-0.15, -0.1) is 0 Å². The molecule has 0 saturated carbocycles. The van der Waals surface area contributed by atoms with Gasteiger partial charge in [-0.25, -0.2) is 4.98 Å². The van der Waals surface area contributed by atoms with E-state index in [1.807, 2.05) is 19.1 Å². The summed E-state index contributed by atoms with van der Waals surface area (Å²) in [5.74, 6) is 0.642. The lowest BCUT2D eigenvalue weighted by Crippen LogP contribution is -2.42. The number of piperidine rings is 1. The van der Waals surface area contributed by atoms with Gasteiger partial charge in [-0.1, -0.05) is 26.3 Å². The minimum Gasteiger partial charge on any atom is -0.294 e. The zero-order valence-electron chi connectivity index (χ0n) is 13.7. The van der Waals surface area contributed by atoms with Crippen LogP contribution < -0.4 is 5.56 Å². The molecule has 0 radical (unpaired) electrons. The van der Waals surface area contributed by atoms with Gasteiger partial charge in [0, 0.05) is 24.8 Å². The van der Waals surface area contributed by atoms with Crippen LogP contribution in [0.4, 0.5) is 0 Å². The van der Waals surface area contributed by atoms with E-state index in [9.17, 15) is 4.79 Å². The first kappa shape index (κ1) is 15.2. The highest BCUT2D eigenvalue weighted by molar-refractivity contribution is 5.46. The number of aryl methyl sites for hydroxylation is 1. The molecule has 1 aliphatic rings. The predicted molar refractivity (Wildman–Crippen MR) is 89.1 cm³/mol. The molecule has 0 N–H and O–H groups in total. The molecular weight excluding hydrogens is 274 g/mol. The summed E-state index contributed by atoms with van der Waals surface area (Å²) in [6.45, 7) is 8.47. The number of nitrogens with zero attached hydrogens (tertiary/aromatic N) is 3. The van der Waals surface area contributed by atoms with Gasteiger partial charge in [0.15, 0.2) is 0 Å². The Bertz CT molecular complexity index is 720. The molecular formula is C18H25N3O. The quantitative estimate of drug-likeness (QED) is 0.874. The summed E-state index contributed by atoms with van der Waals surface area (Å²) < 4.78 is 1.63. The molecule has 0 aliphatic carbocycles. The molecule has 1 atom stereocenters. The summed E-state index contributed by atoms with van der Waals surface area (Å²) in [6.07, 6.45) is 5.60. The van der Waals surface area contributed by atoms with E-state index < -0.39 is 0 Å². The van der Waals surface area contributed by atoms with E-state index >= 15 is 0 Å². The predicted octanol–water partition coefficient (Wildman–Crippen LogP) is 3.01. The maximum absolute atomic E-state index is 12.3. The third-order valence-corrected chi connectivity index (χ3v) is 4.74. The number of aromatic nitrogens is 2. The first-order chi connectivity index (χ1) is 10.6. The van der Waals surface area contributed by atoms with Gasteiger partial charge in [0.25, 0.3) is 5.56 Å². The van der Waals surface area contributed by atoms with Crippen molar-refractivity contribution in [3.05, 3.63) is 46.0 Å². The fourth-order valence-electron chi connectivity index (χ4n) is 3.57. The summed E-state index contributed by atoms with van der Waals surface area (Å²) in [7, 11) is 0. The zero-order valence-corrected chi connectivity index (χ0v) is 13.7. The summed E-state index contributed by atoms with van der Waals surface area (Å²) in [4.78, 5) is 19.6. The SMILES string of the molecule is Cc1cccn2c(=O)cc(CN3CCCCC3C(C)C)nc12. The molecule has 1 fully saturated rings. The van der Waals surface area contributed by atoms with Gasteiger partial charge in [-0.3, -0.25) is 14.1 Å². The lowest BCUT2D eigenvalue weighted by molar-refractivity contribution is 0.103. The van der Waals surface area contributed by atoms with E-state index in [2.05, 4.69) is 18.7 Å². The Morgan fingerprint density at radius 3 is 2.95 bits per heavy atom. The average Bonchev–Trinajstić information content (AvgIpc) is 2.49. The van der Waals surface area contributed by atoms with Crippen molar-refractivity contribution in [2.45, 2.75) is 52.6 Å². The van der Waals surface area contributed by atoms with Gasteiger partial charge in [0.05, 0.1) is 5.69 Å². The van der Waals surface area contributed by atoms with Crippen LogP contribution in [0.1, 0.15) is 44.4 Å². The van der Waals surface area contributed by atoms with Crippen LogP contribution in [0.25, 0.3) is 5.65 Å². The molecule has 4 nitrogen and oxygen atoms in total. The maximum atomic E-state index is 12.3. The Hall–Kier alpha value is -1.68. The fraction of sp³-hybridized carbons (Fsp3) is 0.556. The van der Waals surface area contributed by atoms with Gasteiger partial charge in [0.2, 0.25) is 0 Å². The highest BCUT2D eigenvalue weighted by Gasteiger charge is 2.25. The van der Waals surface area contributed by atoms with E-state index in [-0.39, 0.29) is 5.56 Å². The second kappa shape index (κ2) is 6.21. The van der Waals surface area contributed by atoms with Gasteiger partial charge in [-0.05, 0) is 43.9 Å². The van der Waals surface area contributed by atoms with Gasteiger partial charge in [0.1, 0.15) is 5.65 Å². The first-order valence-corrected chi connectivity index (χ1v) is 8.28. The molecule has 0 aromatic carbocycles. The minimum atomic E-state index is 0.0156. The first-order valence-electron chi connectivity index (χ1n) is 8.28. The molecule has 2 aromatic rings. The summed E-state index contributed by atoms with van der Waals surface area (Å²) >= 11 is 0. The van der Waals surface area contributed by atoms with E-state index in [1.54, 1.807) is 16.7 Å². The number of hydrogen-bond donors (Lipinski definition) is 0. The molecule has 1 aliphatic heterocycles. The molecule has 0 bridgehead atoms. The second-order valence-electron chi connectivity index (χ2n) is 6.75. The van der Waals surface area contributed by atoms with Crippen LogP contribution in [-0.4, -0.2) is 26.9 Å². The maximum Gasteiger partial charge on any atom is 0.258 e. The standard InChI is InChI=1S/C18H25N3O/c1-13(2)16-8-4-5-9-20(16)12-15-11-17(22)21-10-6-7-14(3)18(21)19-15/h6-7,10-11,13,16H,4-5,8-9,12H2,1-3H3. The molecule has 4 heteroatoms. The topological polar surface area (TPSA) is 37.6 Å². The lowest BCUT2D eigenvalue weighted by atomic mass is 9.92. The largest absolute Gasteiger partial charge is 0.294 e. The Labute approximate surface area is 131 Å². The van der Waals surface area contributed by atoms with E-state index in [1.165, 1.54) is 19.3 Å². The molecule has 1 saturated heterocycles. The summed E-state index contributed by atoms with van der Waals surface area (Å²) in [5, 5.41) is 0. The number of rotatable bonds is 3. The van der Waals surface area contributed by atoms with Crippen LogP contribution in [0, 0.1) is 12.8 Å². The molecule has 3 heterocycles. The molecule has 22 heavy (non-hydrogen) atoms. The monoisotopic (exact) mass is 299 g/mol. The summed E-state index contributed by atoms with van der Waals surface area (Å²) in [6, 6.07) is 6.19. The van der Waals surface area contributed by atoms with Crippen LogP contribution >= 0.6 is 0 Å². The highest BCUT2D eigenvalue weighted by atomic mass is 16.1. The molecule has 0 amide bonds. The molecule has 0 spiro atoms. The Morgan fingerprint density at radius 1 is 1.36 bits per heavy atom. The van der Waals surface area contributed by atoms with Crippen molar-refractivity contribution >= 4 is 5.65 Å². The van der Waals surface area contributed by atoms with Gasteiger partial charge >= 0.3 is 0 Å². The smallest absolute Gasteiger partial charge is 0.258 e. The van der Waals surface area contributed by atoms with Gasteiger partial charge < -0.3 is 0 Å². The molecule has 118 valence electrons. The van der Waals surface area contributed by atoms with Crippen molar-refractivity contribution in [3.8, 4) is 0 Å². The normalized spacial score (nSPS) is 19.9. The summed E-state index contributed by atoms with van der Waals surface area (Å²) in [5.41, 5.74) is 2.73. The van der Waals surface area contributed by atoms with E-state index in [4.69, 9.17) is 4.98 Å².